The van der Waals surface area contributed by atoms with Crippen LogP contribution in [0.25, 0.3) is 0 Å². The molecule has 3 N–H and O–H groups in total. The predicted molar refractivity (Wildman–Crippen MR) is 80.1 cm³/mol. The Morgan fingerprint density at radius 1 is 1.19 bits per heavy atom. The monoisotopic (exact) mass is 284 g/mol. The third kappa shape index (κ3) is 3.47. The number of aromatic nitrogens is 2. The average Bonchev–Trinajstić information content (AvgIpc) is 3.22. The molecule has 6 heteroatoms. The summed E-state index contributed by atoms with van der Waals surface area (Å²) in [5.41, 5.74) is 1.05. The summed E-state index contributed by atoms with van der Waals surface area (Å²) in [6.45, 7) is 1.84. The first-order valence-electron chi connectivity index (χ1n) is 6.83. The molecule has 1 aromatic heterocycles. The maximum atomic E-state index is 10.8. The lowest BCUT2D eigenvalue weighted by Gasteiger charge is -2.10. The summed E-state index contributed by atoms with van der Waals surface area (Å²) in [4.78, 5) is 19.5. The number of carboxylic acids is 1. The van der Waals surface area contributed by atoms with Gasteiger partial charge in [0.25, 0.3) is 0 Å². The van der Waals surface area contributed by atoms with Gasteiger partial charge >= 0.3 is 5.97 Å². The highest BCUT2D eigenvalue weighted by Crippen LogP contribution is 2.25. The summed E-state index contributed by atoms with van der Waals surface area (Å²) >= 11 is 0. The van der Waals surface area contributed by atoms with E-state index in [0.717, 1.165) is 11.5 Å². The standard InChI is InChI=1S/C15H16N4O2/c1-9-16-13(8-14(17-9)19-12-6-7-12)18-11-4-2-10(3-5-11)15(20)21/h2-5,8,12H,6-7H2,1H3,(H,20,21)(H2,16,17,18,19). The van der Waals surface area contributed by atoms with E-state index in [2.05, 4.69) is 20.6 Å². The molecule has 21 heavy (non-hydrogen) atoms. The van der Waals surface area contributed by atoms with Crippen LogP contribution < -0.4 is 10.6 Å². The van der Waals surface area contributed by atoms with Crippen molar-refractivity contribution in [3.8, 4) is 0 Å². The number of anilines is 3. The van der Waals surface area contributed by atoms with Crippen LogP contribution in [0.5, 0.6) is 0 Å². The van der Waals surface area contributed by atoms with Crippen molar-refractivity contribution in [2.75, 3.05) is 10.6 Å². The molecular weight excluding hydrogens is 268 g/mol. The molecule has 1 aliphatic carbocycles. The molecule has 1 aromatic carbocycles. The van der Waals surface area contributed by atoms with Gasteiger partial charge in [0, 0.05) is 17.8 Å². The van der Waals surface area contributed by atoms with Crippen LogP contribution in [-0.4, -0.2) is 27.1 Å². The van der Waals surface area contributed by atoms with E-state index in [1.807, 2.05) is 13.0 Å². The van der Waals surface area contributed by atoms with Crippen LogP contribution in [0, 0.1) is 6.92 Å². The smallest absolute Gasteiger partial charge is 0.335 e. The number of nitrogens with one attached hydrogen (secondary N) is 2. The fourth-order valence-corrected chi connectivity index (χ4v) is 1.99. The van der Waals surface area contributed by atoms with Gasteiger partial charge in [-0.25, -0.2) is 14.8 Å². The molecular formula is C15H16N4O2. The molecule has 0 unspecified atom stereocenters. The Labute approximate surface area is 122 Å². The van der Waals surface area contributed by atoms with Crippen LogP contribution in [0.15, 0.2) is 30.3 Å². The second kappa shape index (κ2) is 5.40. The zero-order valence-corrected chi connectivity index (χ0v) is 11.6. The van der Waals surface area contributed by atoms with E-state index in [1.165, 1.54) is 12.8 Å². The highest BCUT2D eigenvalue weighted by Gasteiger charge is 2.21. The van der Waals surface area contributed by atoms with Crippen molar-refractivity contribution in [2.24, 2.45) is 0 Å². The van der Waals surface area contributed by atoms with E-state index in [4.69, 9.17) is 5.11 Å². The fraction of sp³-hybridized carbons (Fsp3) is 0.267. The molecule has 2 aromatic rings. The van der Waals surface area contributed by atoms with Gasteiger partial charge < -0.3 is 15.7 Å². The number of rotatable bonds is 5. The summed E-state index contributed by atoms with van der Waals surface area (Å²) in [6, 6.07) is 8.94. The number of nitrogens with zero attached hydrogens (tertiary/aromatic N) is 2. The van der Waals surface area contributed by atoms with Crippen molar-refractivity contribution in [1.29, 1.82) is 0 Å². The van der Waals surface area contributed by atoms with Crippen LogP contribution in [-0.2, 0) is 0 Å². The lowest BCUT2D eigenvalue weighted by Crippen LogP contribution is -2.06. The molecule has 3 rings (SSSR count). The molecule has 1 heterocycles. The van der Waals surface area contributed by atoms with Crippen LogP contribution >= 0.6 is 0 Å². The molecule has 0 atom stereocenters. The highest BCUT2D eigenvalue weighted by molar-refractivity contribution is 5.88. The van der Waals surface area contributed by atoms with Crippen LogP contribution in [0.4, 0.5) is 17.3 Å². The SMILES string of the molecule is Cc1nc(Nc2ccc(C(=O)O)cc2)cc(NC2CC2)n1. The summed E-state index contributed by atoms with van der Waals surface area (Å²) in [5.74, 6) is 1.25. The van der Waals surface area contributed by atoms with E-state index in [9.17, 15) is 4.79 Å². The minimum Gasteiger partial charge on any atom is -0.478 e. The largest absolute Gasteiger partial charge is 0.478 e. The quantitative estimate of drug-likeness (QED) is 0.782. The Balaban J connectivity index is 1.76. The van der Waals surface area contributed by atoms with E-state index in [-0.39, 0.29) is 5.56 Å². The average molecular weight is 284 g/mol. The van der Waals surface area contributed by atoms with E-state index >= 15 is 0 Å². The van der Waals surface area contributed by atoms with Gasteiger partial charge in [-0.2, -0.15) is 0 Å². The Hall–Kier alpha value is -2.63. The second-order valence-corrected chi connectivity index (χ2v) is 5.11. The number of carbonyl (C=O) groups is 1. The van der Waals surface area contributed by atoms with E-state index in [1.54, 1.807) is 24.3 Å². The molecule has 0 radical (unpaired) electrons. The summed E-state index contributed by atoms with van der Waals surface area (Å²) < 4.78 is 0. The molecule has 6 nitrogen and oxygen atoms in total. The molecule has 108 valence electrons. The van der Waals surface area contributed by atoms with Gasteiger partial charge in [0.1, 0.15) is 17.5 Å². The van der Waals surface area contributed by atoms with Gasteiger partial charge in [-0.05, 0) is 44.0 Å². The Kier molecular flexibility index (Phi) is 3.43. The topological polar surface area (TPSA) is 87.1 Å². The van der Waals surface area contributed by atoms with Gasteiger partial charge in [-0.3, -0.25) is 0 Å². The number of hydrogen-bond acceptors (Lipinski definition) is 5. The summed E-state index contributed by atoms with van der Waals surface area (Å²) in [7, 11) is 0. The second-order valence-electron chi connectivity index (χ2n) is 5.11. The fourth-order valence-electron chi connectivity index (χ4n) is 1.99. The minimum absolute atomic E-state index is 0.260. The molecule has 1 saturated carbocycles. The van der Waals surface area contributed by atoms with Crippen molar-refractivity contribution in [2.45, 2.75) is 25.8 Å². The number of carboxylic acid groups (broad SMARTS) is 1. The molecule has 1 aliphatic rings. The van der Waals surface area contributed by atoms with Crippen LogP contribution in [0.3, 0.4) is 0 Å². The maximum absolute atomic E-state index is 10.8. The molecule has 0 aliphatic heterocycles. The predicted octanol–water partition coefficient (Wildman–Crippen LogP) is 2.80. The lowest BCUT2D eigenvalue weighted by molar-refractivity contribution is 0.0697. The first-order chi connectivity index (χ1) is 10.1. The minimum atomic E-state index is -0.935. The van der Waals surface area contributed by atoms with E-state index < -0.39 is 5.97 Å². The normalized spacial score (nSPS) is 13.8. The summed E-state index contributed by atoms with van der Waals surface area (Å²) in [5, 5.41) is 15.4. The van der Waals surface area contributed by atoms with Crippen LogP contribution in [0.1, 0.15) is 29.0 Å². The lowest BCUT2D eigenvalue weighted by atomic mass is 10.2. The third-order valence-corrected chi connectivity index (χ3v) is 3.17. The van der Waals surface area contributed by atoms with Gasteiger partial charge in [0.05, 0.1) is 5.56 Å². The highest BCUT2D eigenvalue weighted by atomic mass is 16.4. The zero-order valence-electron chi connectivity index (χ0n) is 11.6. The Morgan fingerprint density at radius 2 is 1.86 bits per heavy atom. The van der Waals surface area contributed by atoms with Gasteiger partial charge in [-0.1, -0.05) is 0 Å². The van der Waals surface area contributed by atoms with Crippen molar-refractivity contribution < 1.29 is 9.90 Å². The molecule has 1 fully saturated rings. The van der Waals surface area contributed by atoms with Gasteiger partial charge in [0.15, 0.2) is 0 Å². The summed E-state index contributed by atoms with van der Waals surface area (Å²) in [6.07, 6.45) is 2.37. The number of hydrogen-bond donors (Lipinski definition) is 3. The first kappa shape index (κ1) is 13.4. The molecule has 0 amide bonds. The van der Waals surface area contributed by atoms with Gasteiger partial charge in [0.2, 0.25) is 0 Å². The van der Waals surface area contributed by atoms with Crippen molar-refractivity contribution >= 4 is 23.3 Å². The maximum Gasteiger partial charge on any atom is 0.335 e. The van der Waals surface area contributed by atoms with Crippen LogP contribution in [0.2, 0.25) is 0 Å². The third-order valence-electron chi connectivity index (χ3n) is 3.17. The Morgan fingerprint density at radius 3 is 2.48 bits per heavy atom. The molecule has 0 spiro atoms. The van der Waals surface area contributed by atoms with Crippen molar-refractivity contribution in [3.05, 3.63) is 41.7 Å². The Bertz CT molecular complexity index is 666. The number of aromatic carboxylic acids is 1. The van der Waals surface area contributed by atoms with E-state index in [0.29, 0.717) is 17.7 Å². The first-order valence-corrected chi connectivity index (χ1v) is 6.83. The number of benzene rings is 1. The number of aryl methyl sites for hydroxylation is 1. The van der Waals surface area contributed by atoms with Crippen molar-refractivity contribution in [3.63, 3.8) is 0 Å². The van der Waals surface area contributed by atoms with Crippen molar-refractivity contribution in [1.82, 2.24) is 9.97 Å². The molecule has 0 saturated heterocycles. The molecule has 0 bridgehead atoms. The van der Waals surface area contributed by atoms with Gasteiger partial charge in [-0.15, -0.1) is 0 Å². The zero-order chi connectivity index (χ0) is 14.8.